The molecule has 0 amide bonds. The van der Waals surface area contributed by atoms with Crippen LogP contribution in [0.1, 0.15) is 18.1 Å². The second-order valence-electron chi connectivity index (χ2n) is 3.40. The Morgan fingerprint density at radius 3 is 3.07 bits per heavy atom. The van der Waals surface area contributed by atoms with Crippen LogP contribution in [0.4, 0.5) is 4.39 Å². The molecular weight excluding hydrogens is 185 g/mol. The maximum Gasteiger partial charge on any atom is 0.165 e. The largest absolute Gasteiger partial charge is 0.490 e. The first kappa shape index (κ1) is 9.43. The lowest BCUT2D eigenvalue weighted by atomic mass is 10.0. The second-order valence-corrected chi connectivity index (χ2v) is 3.40. The molecule has 1 aliphatic heterocycles. The summed E-state index contributed by atoms with van der Waals surface area (Å²) in [5, 5.41) is 9.76. The van der Waals surface area contributed by atoms with Crippen LogP contribution in [-0.2, 0) is 0 Å². The van der Waals surface area contributed by atoms with Crippen LogP contribution >= 0.6 is 0 Å². The van der Waals surface area contributed by atoms with Gasteiger partial charge in [-0.1, -0.05) is 12.1 Å². The summed E-state index contributed by atoms with van der Waals surface area (Å²) in [5.41, 5.74) is 6.13. The highest BCUT2D eigenvalue weighted by molar-refractivity contribution is 5.38. The molecule has 4 heteroatoms. The number of para-hydroxylation sites is 1. The second kappa shape index (κ2) is 3.55. The third-order valence-electron chi connectivity index (χ3n) is 2.42. The van der Waals surface area contributed by atoms with Crippen LogP contribution in [0.25, 0.3) is 0 Å². The molecule has 3 nitrogen and oxygen atoms in total. The Kier molecular flexibility index (Phi) is 2.39. The molecule has 0 fully saturated rings. The Bertz CT molecular complexity index is 343. The van der Waals surface area contributed by atoms with Crippen molar-refractivity contribution >= 4 is 0 Å². The molecule has 0 radical (unpaired) electrons. The fraction of sp³-hybridized carbons (Fsp3) is 0.400. The highest BCUT2D eigenvalue weighted by Crippen LogP contribution is 2.32. The fourth-order valence-corrected chi connectivity index (χ4v) is 1.60. The molecule has 0 saturated heterocycles. The topological polar surface area (TPSA) is 55.5 Å². The average molecular weight is 197 g/mol. The predicted octanol–water partition coefficient (Wildman–Crippen LogP) is 0.969. The minimum atomic E-state index is -0.844. The van der Waals surface area contributed by atoms with Crippen LogP contribution in [0.5, 0.6) is 5.75 Å². The van der Waals surface area contributed by atoms with Gasteiger partial charge in [0.25, 0.3) is 0 Å². The Morgan fingerprint density at radius 2 is 2.29 bits per heavy atom. The molecule has 76 valence electrons. The monoisotopic (exact) mass is 197 g/mol. The number of fused-ring (bicyclic) bond motifs is 1. The Morgan fingerprint density at radius 1 is 1.50 bits per heavy atom. The summed E-state index contributed by atoms with van der Waals surface area (Å²) in [6.45, 7) is 0.339. The predicted molar refractivity (Wildman–Crippen MR) is 49.4 cm³/mol. The highest BCUT2D eigenvalue weighted by Gasteiger charge is 2.25. The van der Waals surface area contributed by atoms with E-state index in [1.165, 1.54) is 6.07 Å². The van der Waals surface area contributed by atoms with Gasteiger partial charge in [0.1, 0.15) is 0 Å². The van der Waals surface area contributed by atoms with E-state index in [1.807, 2.05) is 0 Å². The van der Waals surface area contributed by atoms with Crippen LogP contribution in [0.15, 0.2) is 18.2 Å². The minimum Gasteiger partial charge on any atom is -0.490 e. The number of hydrogen-bond acceptors (Lipinski definition) is 3. The lowest BCUT2D eigenvalue weighted by Gasteiger charge is -2.15. The van der Waals surface area contributed by atoms with E-state index in [4.69, 9.17) is 10.5 Å². The fourth-order valence-electron chi connectivity index (χ4n) is 1.60. The summed E-state index contributed by atoms with van der Waals surface area (Å²) >= 11 is 0. The molecule has 1 aromatic rings. The van der Waals surface area contributed by atoms with Crippen molar-refractivity contribution in [2.75, 3.05) is 6.61 Å². The van der Waals surface area contributed by atoms with Gasteiger partial charge in [-0.25, -0.2) is 4.39 Å². The van der Waals surface area contributed by atoms with Crippen LogP contribution in [-0.4, -0.2) is 17.8 Å². The van der Waals surface area contributed by atoms with E-state index in [0.29, 0.717) is 18.6 Å². The average Bonchev–Trinajstić information content (AvgIpc) is 2.31. The van der Waals surface area contributed by atoms with Crippen molar-refractivity contribution in [1.29, 1.82) is 0 Å². The number of hydrogen-bond donors (Lipinski definition) is 2. The number of aliphatic hydroxyl groups is 1. The van der Waals surface area contributed by atoms with Gasteiger partial charge >= 0.3 is 0 Å². The standard InChI is InChI=1S/C10H12FNO2/c11-7-3-1-2-6-9(13)8(12)4-5-14-10(6)7/h1-3,8-9,13H,4-5,12H2/t8-,9+/m0/s1. The van der Waals surface area contributed by atoms with Crippen molar-refractivity contribution in [3.8, 4) is 5.75 Å². The number of halogens is 1. The molecule has 0 aliphatic carbocycles. The van der Waals surface area contributed by atoms with Gasteiger partial charge in [-0.3, -0.25) is 0 Å². The molecule has 1 aromatic carbocycles. The van der Waals surface area contributed by atoms with Gasteiger partial charge in [-0.15, -0.1) is 0 Å². The highest BCUT2D eigenvalue weighted by atomic mass is 19.1. The summed E-state index contributed by atoms with van der Waals surface area (Å²) < 4.78 is 18.5. The number of benzene rings is 1. The van der Waals surface area contributed by atoms with Crippen LogP contribution in [0, 0.1) is 5.82 Å². The number of aliphatic hydroxyl groups excluding tert-OH is 1. The molecule has 0 aromatic heterocycles. The Balaban J connectivity index is 2.48. The molecule has 2 atom stereocenters. The van der Waals surface area contributed by atoms with E-state index in [9.17, 15) is 9.50 Å². The third kappa shape index (κ3) is 1.47. The summed E-state index contributed by atoms with van der Waals surface area (Å²) in [7, 11) is 0. The van der Waals surface area contributed by atoms with Gasteiger partial charge in [-0.2, -0.15) is 0 Å². The lowest BCUT2D eigenvalue weighted by Crippen LogP contribution is -2.28. The molecule has 3 N–H and O–H groups in total. The van der Waals surface area contributed by atoms with Crippen molar-refractivity contribution in [2.24, 2.45) is 5.73 Å². The molecule has 14 heavy (non-hydrogen) atoms. The van der Waals surface area contributed by atoms with E-state index >= 15 is 0 Å². The molecule has 1 aliphatic rings. The third-order valence-corrected chi connectivity index (χ3v) is 2.42. The first-order chi connectivity index (χ1) is 6.70. The summed E-state index contributed by atoms with van der Waals surface area (Å²) in [6.07, 6.45) is -0.321. The van der Waals surface area contributed by atoms with Crippen LogP contribution in [0.2, 0.25) is 0 Å². The molecule has 0 unspecified atom stereocenters. The summed E-state index contributed by atoms with van der Waals surface area (Å²) in [5.74, 6) is -0.316. The van der Waals surface area contributed by atoms with Gasteiger partial charge in [0.2, 0.25) is 0 Å². The van der Waals surface area contributed by atoms with Gasteiger partial charge < -0.3 is 15.6 Å². The molecule has 0 spiro atoms. The quantitative estimate of drug-likeness (QED) is 0.651. The molecular formula is C10H12FNO2. The molecule has 1 heterocycles. The van der Waals surface area contributed by atoms with Gasteiger partial charge in [0, 0.05) is 11.6 Å². The maximum atomic E-state index is 13.3. The Labute approximate surface area is 81.3 Å². The van der Waals surface area contributed by atoms with E-state index in [-0.39, 0.29) is 5.75 Å². The SMILES string of the molecule is N[C@H]1CCOc2c(F)cccc2[C@H]1O. The first-order valence-electron chi connectivity index (χ1n) is 4.55. The van der Waals surface area contributed by atoms with Crippen molar-refractivity contribution < 1.29 is 14.2 Å². The minimum absolute atomic E-state index is 0.132. The zero-order chi connectivity index (χ0) is 10.1. The van der Waals surface area contributed by atoms with E-state index in [2.05, 4.69) is 0 Å². The number of rotatable bonds is 0. The van der Waals surface area contributed by atoms with E-state index in [1.54, 1.807) is 12.1 Å². The first-order valence-corrected chi connectivity index (χ1v) is 4.55. The van der Waals surface area contributed by atoms with Crippen molar-refractivity contribution in [2.45, 2.75) is 18.6 Å². The Hall–Kier alpha value is -1.13. The van der Waals surface area contributed by atoms with E-state index in [0.717, 1.165) is 0 Å². The van der Waals surface area contributed by atoms with Crippen LogP contribution in [0.3, 0.4) is 0 Å². The number of nitrogens with two attached hydrogens (primary N) is 1. The zero-order valence-electron chi connectivity index (χ0n) is 7.61. The van der Waals surface area contributed by atoms with Gasteiger partial charge in [-0.05, 0) is 12.5 Å². The van der Waals surface area contributed by atoms with Gasteiger partial charge in [0.15, 0.2) is 11.6 Å². The number of ether oxygens (including phenoxy) is 1. The summed E-state index contributed by atoms with van der Waals surface area (Å²) in [6, 6.07) is 4.09. The normalized spacial score (nSPS) is 26.2. The van der Waals surface area contributed by atoms with Gasteiger partial charge in [0.05, 0.1) is 12.7 Å². The molecule has 2 rings (SSSR count). The molecule has 0 saturated carbocycles. The van der Waals surface area contributed by atoms with Crippen LogP contribution < -0.4 is 10.5 Å². The van der Waals surface area contributed by atoms with Crippen molar-refractivity contribution in [3.63, 3.8) is 0 Å². The van der Waals surface area contributed by atoms with Crippen molar-refractivity contribution in [3.05, 3.63) is 29.6 Å². The smallest absolute Gasteiger partial charge is 0.165 e. The summed E-state index contributed by atoms with van der Waals surface area (Å²) in [4.78, 5) is 0. The lowest BCUT2D eigenvalue weighted by molar-refractivity contribution is 0.144. The maximum absolute atomic E-state index is 13.3. The zero-order valence-corrected chi connectivity index (χ0v) is 7.61. The van der Waals surface area contributed by atoms with E-state index < -0.39 is 18.0 Å². The molecule has 0 bridgehead atoms. The van der Waals surface area contributed by atoms with Crippen molar-refractivity contribution in [1.82, 2.24) is 0 Å².